The molecule has 1 N–H and O–H groups in total. The van der Waals surface area contributed by atoms with Crippen LogP contribution in [0.1, 0.15) is 30.5 Å². The highest BCUT2D eigenvalue weighted by Crippen LogP contribution is 2.38. The molecule has 0 radical (unpaired) electrons. The third-order valence-electron chi connectivity index (χ3n) is 5.00. The Kier molecular flexibility index (Phi) is 5.68. The van der Waals surface area contributed by atoms with Gasteiger partial charge in [-0.2, -0.15) is 21.6 Å². The van der Waals surface area contributed by atoms with Crippen molar-refractivity contribution in [2.75, 3.05) is 11.8 Å². The Morgan fingerprint density at radius 1 is 1.12 bits per heavy atom. The molecule has 0 unspecified atom stereocenters. The molecule has 168 valence electrons. The van der Waals surface area contributed by atoms with Crippen LogP contribution in [0.2, 0.25) is 0 Å². The van der Waals surface area contributed by atoms with Crippen molar-refractivity contribution in [3.8, 4) is 11.6 Å². The minimum atomic E-state index is -4.58. The van der Waals surface area contributed by atoms with Crippen molar-refractivity contribution < 1.29 is 26.3 Å². The number of alkyl halides is 3. The Morgan fingerprint density at radius 2 is 1.88 bits per heavy atom. The van der Waals surface area contributed by atoms with Crippen molar-refractivity contribution in [2.24, 2.45) is 0 Å². The fourth-order valence-corrected chi connectivity index (χ4v) is 4.61. The summed E-state index contributed by atoms with van der Waals surface area (Å²) in [6, 6.07) is 8.29. The molecule has 0 bridgehead atoms. The zero-order valence-corrected chi connectivity index (χ0v) is 17.7. The molecule has 2 aromatic heterocycles. The van der Waals surface area contributed by atoms with Crippen LogP contribution in [0.25, 0.3) is 11.4 Å². The number of methoxy groups -OCH3 is 1. The van der Waals surface area contributed by atoms with Crippen molar-refractivity contribution in [1.82, 2.24) is 14.5 Å². The average Bonchev–Trinajstić information content (AvgIpc) is 3.45. The van der Waals surface area contributed by atoms with Gasteiger partial charge in [-0.1, -0.05) is 6.08 Å². The van der Waals surface area contributed by atoms with E-state index < -0.39 is 21.8 Å². The Morgan fingerprint density at radius 3 is 2.50 bits per heavy atom. The first-order chi connectivity index (χ1) is 15.2. The lowest BCUT2D eigenvalue weighted by Gasteiger charge is -2.16. The molecule has 11 heteroatoms. The van der Waals surface area contributed by atoms with Gasteiger partial charge in [0.25, 0.3) is 10.0 Å². The molecule has 0 spiro atoms. The van der Waals surface area contributed by atoms with Gasteiger partial charge in [0.1, 0.15) is 17.9 Å². The van der Waals surface area contributed by atoms with Gasteiger partial charge in [0.2, 0.25) is 0 Å². The minimum absolute atomic E-state index is 0.0217. The Bertz CT molecular complexity index is 1270. The molecule has 3 aromatic rings. The van der Waals surface area contributed by atoms with Crippen LogP contribution in [0.5, 0.6) is 5.75 Å². The molecular formula is C21H19F3N4O3S. The van der Waals surface area contributed by atoms with E-state index in [4.69, 9.17) is 4.74 Å². The summed E-state index contributed by atoms with van der Waals surface area (Å²) in [6.07, 6.45) is 1.37. The molecule has 4 rings (SSSR count). The normalized spacial score (nSPS) is 14.3. The standard InChI is InChI=1S/C21H19F3N4O3S/c1-31-16-8-6-15(7-9-16)27-32(29,30)19-12-25-13-28(19)18-11-10-17(21(22,23)24)20(26-18)14-4-2-3-5-14/h4,6-13,27H,2-3,5H2,1H3. The second-order valence-electron chi connectivity index (χ2n) is 7.12. The molecule has 0 amide bonds. The van der Waals surface area contributed by atoms with Crippen molar-refractivity contribution in [1.29, 1.82) is 0 Å². The van der Waals surface area contributed by atoms with Gasteiger partial charge in [-0.3, -0.25) is 9.29 Å². The first kappa shape index (κ1) is 21.9. The number of benzene rings is 1. The monoisotopic (exact) mass is 464 g/mol. The molecule has 1 aromatic carbocycles. The number of hydrogen-bond acceptors (Lipinski definition) is 5. The lowest BCUT2D eigenvalue weighted by molar-refractivity contribution is -0.138. The van der Waals surface area contributed by atoms with Crippen molar-refractivity contribution in [3.05, 3.63) is 66.3 Å². The predicted octanol–water partition coefficient (Wildman–Crippen LogP) is 4.66. The first-order valence-electron chi connectivity index (χ1n) is 9.66. The fourth-order valence-electron chi connectivity index (χ4n) is 3.46. The van der Waals surface area contributed by atoms with E-state index in [9.17, 15) is 21.6 Å². The summed E-state index contributed by atoms with van der Waals surface area (Å²) in [5.74, 6) is 0.578. The highest BCUT2D eigenvalue weighted by molar-refractivity contribution is 7.92. The van der Waals surface area contributed by atoms with Crippen LogP contribution < -0.4 is 9.46 Å². The molecule has 1 aliphatic carbocycles. The summed E-state index contributed by atoms with van der Waals surface area (Å²) >= 11 is 0. The average molecular weight is 464 g/mol. The second kappa shape index (κ2) is 8.30. The number of ether oxygens (including phenoxy) is 1. The number of hydrogen-bond donors (Lipinski definition) is 1. The molecule has 0 atom stereocenters. The second-order valence-corrected chi connectivity index (χ2v) is 8.75. The lowest BCUT2D eigenvalue weighted by Crippen LogP contribution is -2.18. The third-order valence-corrected chi connectivity index (χ3v) is 6.36. The Balaban J connectivity index is 1.73. The van der Waals surface area contributed by atoms with E-state index in [0.717, 1.165) is 29.3 Å². The number of rotatable bonds is 6. The highest BCUT2D eigenvalue weighted by atomic mass is 32.2. The summed E-state index contributed by atoms with van der Waals surface area (Å²) < 4.78 is 75.2. The predicted molar refractivity (Wildman–Crippen MR) is 112 cm³/mol. The van der Waals surface area contributed by atoms with Crippen LogP contribution in [0, 0.1) is 0 Å². The van der Waals surface area contributed by atoms with E-state index in [1.807, 2.05) is 0 Å². The Labute approximate surface area is 182 Å². The summed E-state index contributed by atoms with van der Waals surface area (Å²) in [4.78, 5) is 8.07. The van der Waals surface area contributed by atoms with E-state index in [1.165, 1.54) is 25.6 Å². The van der Waals surface area contributed by atoms with Crippen molar-refractivity contribution in [3.63, 3.8) is 0 Å². The SMILES string of the molecule is COc1ccc(NS(=O)(=O)c2cncn2-c2ccc(C(F)(F)F)c(C3=CCCC3)n2)cc1. The largest absolute Gasteiger partial charge is 0.497 e. The zero-order chi connectivity index (χ0) is 22.9. The number of allylic oxidation sites excluding steroid dienone is 2. The van der Waals surface area contributed by atoms with Gasteiger partial charge < -0.3 is 4.74 Å². The number of anilines is 1. The van der Waals surface area contributed by atoms with E-state index in [-0.39, 0.29) is 22.2 Å². The van der Waals surface area contributed by atoms with Gasteiger partial charge in [0.15, 0.2) is 5.03 Å². The van der Waals surface area contributed by atoms with Crippen LogP contribution in [-0.2, 0) is 16.2 Å². The van der Waals surface area contributed by atoms with Crippen molar-refractivity contribution in [2.45, 2.75) is 30.5 Å². The quantitative estimate of drug-likeness (QED) is 0.573. The van der Waals surface area contributed by atoms with E-state index in [1.54, 1.807) is 18.2 Å². The number of halogens is 3. The van der Waals surface area contributed by atoms with Crippen molar-refractivity contribution >= 4 is 21.3 Å². The molecule has 0 saturated carbocycles. The van der Waals surface area contributed by atoms with E-state index in [0.29, 0.717) is 24.2 Å². The molecule has 1 aliphatic rings. The van der Waals surface area contributed by atoms with Gasteiger partial charge in [0.05, 0.1) is 24.6 Å². The molecule has 32 heavy (non-hydrogen) atoms. The van der Waals surface area contributed by atoms with E-state index >= 15 is 0 Å². The molecule has 0 aliphatic heterocycles. The molecule has 0 saturated heterocycles. The number of nitrogens with one attached hydrogen (secondary N) is 1. The third kappa shape index (κ3) is 4.33. The highest BCUT2D eigenvalue weighted by Gasteiger charge is 2.36. The summed E-state index contributed by atoms with van der Waals surface area (Å²) in [7, 11) is -2.62. The molecule has 0 fully saturated rings. The van der Waals surface area contributed by atoms with Gasteiger partial charge >= 0.3 is 6.18 Å². The van der Waals surface area contributed by atoms with Gasteiger partial charge in [-0.05, 0) is 61.2 Å². The summed E-state index contributed by atoms with van der Waals surface area (Å²) in [6.45, 7) is 0. The van der Waals surface area contributed by atoms with Crippen LogP contribution in [-0.4, -0.2) is 30.1 Å². The number of pyridine rings is 1. The Hall–Kier alpha value is -3.34. The van der Waals surface area contributed by atoms with Crippen LogP contribution in [0.3, 0.4) is 0 Å². The number of aromatic nitrogens is 3. The minimum Gasteiger partial charge on any atom is -0.497 e. The summed E-state index contributed by atoms with van der Waals surface area (Å²) in [5.41, 5.74) is -0.251. The van der Waals surface area contributed by atoms with Gasteiger partial charge in [0, 0.05) is 5.69 Å². The molecule has 2 heterocycles. The van der Waals surface area contributed by atoms with Gasteiger partial charge in [-0.15, -0.1) is 0 Å². The number of nitrogens with zero attached hydrogens (tertiary/aromatic N) is 3. The molecular weight excluding hydrogens is 445 g/mol. The smallest absolute Gasteiger partial charge is 0.418 e. The number of imidazole rings is 1. The van der Waals surface area contributed by atoms with Crippen LogP contribution >= 0.6 is 0 Å². The fraction of sp³-hybridized carbons (Fsp3) is 0.238. The first-order valence-corrected chi connectivity index (χ1v) is 11.1. The van der Waals surface area contributed by atoms with E-state index in [2.05, 4.69) is 14.7 Å². The maximum atomic E-state index is 13.5. The van der Waals surface area contributed by atoms with Crippen LogP contribution in [0.4, 0.5) is 18.9 Å². The maximum absolute atomic E-state index is 13.5. The summed E-state index contributed by atoms with van der Waals surface area (Å²) in [5, 5.41) is -0.257. The topological polar surface area (TPSA) is 86.1 Å². The maximum Gasteiger partial charge on any atom is 0.418 e. The van der Waals surface area contributed by atoms with Crippen LogP contribution in [0.15, 0.2) is 60.0 Å². The number of sulfonamides is 1. The molecule has 7 nitrogen and oxygen atoms in total. The lowest BCUT2D eigenvalue weighted by atomic mass is 10.1. The zero-order valence-electron chi connectivity index (χ0n) is 16.9. The van der Waals surface area contributed by atoms with Gasteiger partial charge in [-0.25, -0.2) is 9.97 Å².